The van der Waals surface area contributed by atoms with Crippen LogP contribution in [0.4, 0.5) is 0 Å². The van der Waals surface area contributed by atoms with Gasteiger partial charge in [-0.3, -0.25) is 4.79 Å². The zero-order valence-electron chi connectivity index (χ0n) is 19.4. The predicted octanol–water partition coefficient (Wildman–Crippen LogP) is 3.90. The Morgan fingerprint density at radius 1 is 1.12 bits per heavy atom. The van der Waals surface area contributed by atoms with Crippen molar-refractivity contribution in [2.24, 2.45) is 5.41 Å². The monoisotopic (exact) mass is 467 g/mol. The van der Waals surface area contributed by atoms with E-state index in [1.165, 1.54) is 12.1 Å². The third kappa shape index (κ3) is 5.27. The summed E-state index contributed by atoms with van der Waals surface area (Å²) in [5.41, 5.74) is 3.07. The molecule has 0 unspecified atom stereocenters. The predicted molar refractivity (Wildman–Crippen MR) is 127 cm³/mol. The van der Waals surface area contributed by atoms with Crippen LogP contribution in [-0.4, -0.2) is 48.4 Å². The Hall–Kier alpha value is -3.13. The van der Waals surface area contributed by atoms with E-state index in [0.717, 1.165) is 23.2 Å². The number of carbonyl (C=O) groups is 1. The minimum absolute atomic E-state index is 0.101. The molecule has 0 atom stereocenters. The van der Waals surface area contributed by atoms with Gasteiger partial charge in [-0.15, -0.1) is 0 Å². The van der Waals surface area contributed by atoms with Gasteiger partial charge in [0.15, 0.2) is 9.84 Å². The summed E-state index contributed by atoms with van der Waals surface area (Å²) in [6, 6.07) is 14.3. The van der Waals surface area contributed by atoms with Crippen molar-refractivity contribution < 1.29 is 17.9 Å². The number of carbonyl (C=O) groups excluding carboxylic acids is 1. The molecular formula is C25H29N3O4S. The lowest BCUT2D eigenvalue weighted by atomic mass is 9.98. The van der Waals surface area contributed by atoms with Crippen LogP contribution in [0.15, 0.2) is 59.6 Å². The first kappa shape index (κ1) is 23.0. The summed E-state index contributed by atoms with van der Waals surface area (Å²) in [5, 5.41) is 4.68. The third-order valence-electron chi connectivity index (χ3n) is 5.44. The van der Waals surface area contributed by atoms with Crippen LogP contribution < -0.4 is 4.74 Å². The van der Waals surface area contributed by atoms with Gasteiger partial charge in [-0.25, -0.2) is 13.1 Å². The van der Waals surface area contributed by atoms with Crippen molar-refractivity contribution in [2.75, 3.05) is 19.4 Å². The second kappa shape index (κ2) is 8.67. The summed E-state index contributed by atoms with van der Waals surface area (Å²) in [4.78, 5) is 15.4. The summed E-state index contributed by atoms with van der Waals surface area (Å²) in [6.07, 6.45) is 3.72. The molecule has 8 heteroatoms. The molecule has 33 heavy (non-hydrogen) atoms. The fourth-order valence-corrected chi connectivity index (χ4v) is 4.34. The van der Waals surface area contributed by atoms with Crippen LogP contribution >= 0.6 is 0 Å². The Morgan fingerprint density at radius 2 is 1.85 bits per heavy atom. The molecule has 1 aliphatic rings. The fraction of sp³-hybridized carbons (Fsp3) is 0.360. The Kier molecular flexibility index (Phi) is 6.05. The highest BCUT2D eigenvalue weighted by Gasteiger charge is 2.28. The van der Waals surface area contributed by atoms with Crippen molar-refractivity contribution in [3.05, 3.63) is 71.5 Å². The Labute approximate surface area is 194 Å². The fourth-order valence-electron chi connectivity index (χ4n) is 3.70. The number of amides is 1. The number of benzene rings is 2. The van der Waals surface area contributed by atoms with E-state index in [1.54, 1.807) is 11.0 Å². The maximum absolute atomic E-state index is 13.5. The molecule has 3 aromatic rings. The van der Waals surface area contributed by atoms with Crippen molar-refractivity contribution in [3.63, 3.8) is 0 Å². The number of nitrogens with zero attached hydrogens (tertiary/aromatic N) is 3. The second-order valence-corrected chi connectivity index (χ2v) is 11.7. The molecule has 1 aromatic heterocycles. The SMILES string of the molecule is CC(C)(C)COc1ccc(S(C)(=O)=O)cc1C(=O)N1CCc2nn(-c3ccccc3)cc2C1. The number of rotatable bonds is 5. The van der Waals surface area contributed by atoms with Gasteiger partial charge in [0.05, 0.1) is 28.4 Å². The molecule has 0 radical (unpaired) electrons. The molecule has 0 N–H and O–H groups in total. The number of ether oxygens (including phenoxy) is 1. The van der Waals surface area contributed by atoms with E-state index < -0.39 is 9.84 Å². The minimum Gasteiger partial charge on any atom is -0.492 e. The van der Waals surface area contributed by atoms with E-state index in [1.807, 2.05) is 62.0 Å². The minimum atomic E-state index is -3.47. The molecule has 0 saturated heterocycles. The largest absolute Gasteiger partial charge is 0.492 e. The zero-order chi connectivity index (χ0) is 23.8. The lowest BCUT2D eigenvalue weighted by molar-refractivity contribution is 0.0727. The maximum atomic E-state index is 13.5. The average Bonchev–Trinajstić information content (AvgIpc) is 3.20. The molecule has 1 aliphatic heterocycles. The Bertz CT molecular complexity index is 1270. The number of para-hydroxylation sites is 1. The van der Waals surface area contributed by atoms with Gasteiger partial charge in [0, 0.05) is 37.5 Å². The van der Waals surface area contributed by atoms with Crippen molar-refractivity contribution >= 4 is 15.7 Å². The van der Waals surface area contributed by atoms with Gasteiger partial charge < -0.3 is 9.64 Å². The van der Waals surface area contributed by atoms with Crippen LogP contribution in [0.2, 0.25) is 0 Å². The molecule has 174 valence electrons. The quantitative estimate of drug-likeness (QED) is 0.569. The van der Waals surface area contributed by atoms with Crippen molar-refractivity contribution in [3.8, 4) is 11.4 Å². The summed E-state index contributed by atoms with van der Waals surface area (Å²) >= 11 is 0. The van der Waals surface area contributed by atoms with Crippen molar-refractivity contribution in [2.45, 2.75) is 38.6 Å². The molecule has 7 nitrogen and oxygen atoms in total. The van der Waals surface area contributed by atoms with E-state index >= 15 is 0 Å². The number of sulfone groups is 1. The molecule has 0 spiro atoms. The zero-order valence-corrected chi connectivity index (χ0v) is 20.2. The molecule has 0 aliphatic carbocycles. The lowest BCUT2D eigenvalue weighted by Gasteiger charge is -2.27. The normalized spacial score (nSPS) is 14.1. The topological polar surface area (TPSA) is 81.5 Å². The van der Waals surface area contributed by atoms with Gasteiger partial charge in [0.2, 0.25) is 0 Å². The van der Waals surface area contributed by atoms with Gasteiger partial charge in [-0.05, 0) is 35.7 Å². The van der Waals surface area contributed by atoms with Gasteiger partial charge in [-0.2, -0.15) is 5.10 Å². The summed E-state index contributed by atoms with van der Waals surface area (Å²) in [6.45, 7) is 7.42. The van der Waals surface area contributed by atoms with Crippen LogP contribution in [0.1, 0.15) is 42.4 Å². The molecule has 0 fully saturated rings. The standard InChI is InChI=1S/C25H29N3O4S/c1-25(2,3)17-32-23-11-10-20(33(4,30)31)14-21(23)24(29)27-13-12-22-18(15-27)16-28(26-22)19-8-6-5-7-9-19/h5-11,14,16H,12-13,15,17H2,1-4H3. The average molecular weight is 468 g/mol. The maximum Gasteiger partial charge on any atom is 0.257 e. The molecule has 4 rings (SSSR count). The number of fused-ring (bicyclic) bond motifs is 1. The molecule has 2 heterocycles. The summed E-state index contributed by atoms with van der Waals surface area (Å²) in [7, 11) is -3.47. The highest BCUT2D eigenvalue weighted by Crippen LogP contribution is 2.28. The summed E-state index contributed by atoms with van der Waals surface area (Å²) in [5.74, 6) is 0.149. The van der Waals surface area contributed by atoms with Crippen LogP contribution in [0.25, 0.3) is 5.69 Å². The van der Waals surface area contributed by atoms with Crippen molar-refractivity contribution in [1.29, 1.82) is 0 Å². The molecule has 0 saturated carbocycles. The van der Waals surface area contributed by atoms with E-state index in [0.29, 0.717) is 31.9 Å². The first-order valence-electron chi connectivity index (χ1n) is 10.9. The van der Waals surface area contributed by atoms with Crippen LogP contribution in [-0.2, 0) is 22.8 Å². The van der Waals surface area contributed by atoms with E-state index in [-0.39, 0.29) is 21.8 Å². The molecule has 1 amide bonds. The highest BCUT2D eigenvalue weighted by atomic mass is 32.2. The number of hydrogen-bond donors (Lipinski definition) is 0. The van der Waals surface area contributed by atoms with E-state index in [4.69, 9.17) is 4.74 Å². The van der Waals surface area contributed by atoms with Gasteiger partial charge in [0.1, 0.15) is 5.75 Å². The van der Waals surface area contributed by atoms with Crippen molar-refractivity contribution in [1.82, 2.24) is 14.7 Å². The highest BCUT2D eigenvalue weighted by molar-refractivity contribution is 7.90. The number of aromatic nitrogens is 2. The van der Waals surface area contributed by atoms with Crippen LogP contribution in [0, 0.1) is 5.41 Å². The van der Waals surface area contributed by atoms with Gasteiger partial charge in [0.25, 0.3) is 5.91 Å². The van der Waals surface area contributed by atoms with E-state index in [9.17, 15) is 13.2 Å². The van der Waals surface area contributed by atoms with Gasteiger partial charge >= 0.3 is 0 Å². The number of hydrogen-bond acceptors (Lipinski definition) is 5. The Balaban J connectivity index is 1.63. The van der Waals surface area contributed by atoms with Gasteiger partial charge in [-0.1, -0.05) is 39.0 Å². The Morgan fingerprint density at radius 3 is 2.52 bits per heavy atom. The second-order valence-electron chi connectivity index (χ2n) is 9.64. The molecule has 0 bridgehead atoms. The summed E-state index contributed by atoms with van der Waals surface area (Å²) < 4.78 is 32.1. The first-order chi connectivity index (χ1) is 15.5. The smallest absolute Gasteiger partial charge is 0.257 e. The van der Waals surface area contributed by atoms with Crippen LogP contribution in [0.5, 0.6) is 5.75 Å². The van der Waals surface area contributed by atoms with Crippen LogP contribution in [0.3, 0.4) is 0 Å². The lowest BCUT2D eigenvalue weighted by Crippen LogP contribution is -2.36. The molecular weight excluding hydrogens is 438 g/mol. The van der Waals surface area contributed by atoms with E-state index in [2.05, 4.69) is 5.10 Å². The molecule has 2 aromatic carbocycles. The first-order valence-corrected chi connectivity index (χ1v) is 12.8. The third-order valence-corrected chi connectivity index (χ3v) is 6.55.